The molecule has 0 unspecified atom stereocenters. The molecule has 3 aromatic rings. The fraction of sp³-hybridized carbons (Fsp3) is 0.350. The number of urea groups is 1. The van der Waals surface area contributed by atoms with Gasteiger partial charge in [-0.25, -0.2) is 14.9 Å². The minimum Gasteiger partial charge on any atom is -0.334 e. The van der Waals surface area contributed by atoms with Crippen LogP contribution in [0.2, 0.25) is 0 Å². The fourth-order valence-electron chi connectivity index (χ4n) is 3.55. The van der Waals surface area contributed by atoms with E-state index in [1.54, 1.807) is 0 Å². The molecule has 0 aliphatic heterocycles. The summed E-state index contributed by atoms with van der Waals surface area (Å²) in [5.41, 5.74) is 6.76. The Balaban J connectivity index is 1.44. The summed E-state index contributed by atoms with van der Waals surface area (Å²) in [4.78, 5) is 25.9. The summed E-state index contributed by atoms with van der Waals surface area (Å²) in [6.45, 7) is 1.92. The van der Waals surface area contributed by atoms with Gasteiger partial charge in [-0.05, 0) is 38.0 Å². The molecule has 0 bridgehead atoms. The highest BCUT2D eigenvalue weighted by atomic mass is 32.1. The number of carbonyl (C=O) groups is 2. The van der Waals surface area contributed by atoms with Gasteiger partial charge >= 0.3 is 6.03 Å². The van der Waals surface area contributed by atoms with E-state index in [1.165, 1.54) is 17.8 Å². The molecular formula is C20H23N5O2S. The van der Waals surface area contributed by atoms with Crippen LogP contribution < -0.4 is 16.2 Å². The quantitative estimate of drug-likeness (QED) is 0.589. The predicted molar refractivity (Wildman–Crippen MR) is 110 cm³/mol. The van der Waals surface area contributed by atoms with Crippen molar-refractivity contribution in [3.8, 4) is 5.69 Å². The summed E-state index contributed by atoms with van der Waals surface area (Å²) in [5, 5.41) is 8.42. The Labute approximate surface area is 167 Å². The molecule has 1 aromatic carbocycles. The lowest BCUT2D eigenvalue weighted by atomic mass is 9.96. The normalized spacial score (nSPS) is 14.8. The van der Waals surface area contributed by atoms with Crippen LogP contribution in [0.3, 0.4) is 0 Å². The first kappa shape index (κ1) is 18.5. The largest absolute Gasteiger partial charge is 0.334 e. The van der Waals surface area contributed by atoms with E-state index in [0.717, 1.165) is 47.3 Å². The lowest BCUT2D eigenvalue weighted by Gasteiger charge is -2.22. The van der Waals surface area contributed by atoms with E-state index in [-0.39, 0.29) is 18.0 Å². The average Bonchev–Trinajstić information content (AvgIpc) is 3.28. The number of nitrogens with zero attached hydrogens (tertiary/aromatic N) is 2. The molecule has 146 valence electrons. The van der Waals surface area contributed by atoms with Crippen molar-refractivity contribution in [1.29, 1.82) is 0 Å². The van der Waals surface area contributed by atoms with Crippen molar-refractivity contribution in [3.63, 3.8) is 0 Å². The second-order valence-corrected chi connectivity index (χ2v) is 8.08. The number of hydrogen-bond acceptors (Lipinski definition) is 4. The van der Waals surface area contributed by atoms with Gasteiger partial charge in [-0.2, -0.15) is 5.10 Å². The molecule has 4 rings (SSSR count). The number of hydrogen-bond donors (Lipinski definition) is 3. The summed E-state index contributed by atoms with van der Waals surface area (Å²) in [7, 11) is 0. The summed E-state index contributed by atoms with van der Waals surface area (Å²) in [6, 6.07) is 11.4. The van der Waals surface area contributed by atoms with Crippen molar-refractivity contribution in [3.05, 3.63) is 47.0 Å². The van der Waals surface area contributed by atoms with Crippen molar-refractivity contribution in [2.75, 3.05) is 0 Å². The van der Waals surface area contributed by atoms with E-state index in [0.29, 0.717) is 4.88 Å². The van der Waals surface area contributed by atoms with Crippen LogP contribution >= 0.6 is 11.3 Å². The molecule has 7 nitrogen and oxygen atoms in total. The number of para-hydroxylation sites is 1. The van der Waals surface area contributed by atoms with Crippen LogP contribution in [0.4, 0.5) is 4.79 Å². The highest BCUT2D eigenvalue weighted by Gasteiger charge is 2.19. The topological polar surface area (TPSA) is 88.1 Å². The van der Waals surface area contributed by atoms with Crippen molar-refractivity contribution < 1.29 is 9.59 Å². The zero-order chi connectivity index (χ0) is 19.5. The molecular weight excluding hydrogens is 374 g/mol. The van der Waals surface area contributed by atoms with Crippen LogP contribution in [0.1, 0.15) is 47.5 Å². The molecule has 28 heavy (non-hydrogen) atoms. The molecule has 8 heteroatoms. The predicted octanol–water partition coefficient (Wildman–Crippen LogP) is 3.67. The number of aromatic nitrogens is 2. The third kappa shape index (κ3) is 3.87. The number of rotatable bonds is 3. The van der Waals surface area contributed by atoms with Gasteiger partial charge in [0.05, 0.1) is 16.3 Å². The van der Waals surface area contributed by atoms with Gasteiger partial charge in [0.2, 0.25) is 0 Å². The first-order valence-corrected chi connectivity index (χ1v) is 10.3. The number of thiophene rings is 1. The van der Waals surface area contributed by atoms with Gasteiger partial charge in [0.1, 0.15) is 4.83 Å². The lowest BCUT2D eigenvalue weighted by Crippen LogP contribution is -2.50. The molecule has 1 aliphatic rings. The zero-order valence-electron chi connectivity index (χ0n) is 15.7. The maximum absolute atomic E-state index is 12.5. The summed E-state index contributed by atoms with van der Waals surface area (Å²) in [5.74, 6) is -0.334. The lowest BCUT2D eigenvalue weighted by molar-refractivity contribution is 0.0939. The summed E-state index contributed by atoms with van der Waals surface area (Å²) >= 11 is 1.35. The number of hydrazine groups is 1. The Bertz CT molecular complexity index is 989. The summed E-state index contributed by atoms with van der Waals surface area (Å²) < 4.78 is 1.84. The summed E-state index contributed by atoms with van der Waals surface area (Å²) in [6.07, 6.45) is 5.48. The molecule has 1 saturated carbocycles. The Morgan fingerprint density at radius 1 is 1.11 bits per heavy atom. The molecule has 2 heterocycles. The number of aryl methyl sites for hydroxylation is 1. The second kappa shape index (κ2) is 8.02. The maximum atomic E-state index is 12.5. The van der Waals surface area contributed by atoms with E-state index in [2.05, 4.69) is 21.3 Å². The Morgan fingerprint density at radius 3 is 2.61 bits per heavy atom. The molecule has 3 amide bonds. The van der Waals surface area contributed by atoms with Crippen LogP contribution in [-0.4, -0.2) is 27.8 Å². The van der Waals surface area contributed by atoms with Gasteiger partial charge in [-0.15, -0.1) is 11.3 Å². The SMILES string of the molecule is Cc1nn(-c2ccccc2)c2sc(C(=O)NNC(=O)NC3CCCCC3)cc12. The van der Waals surface area contributed by atoms with Gasteiger partial charge in [0, 0.05) is 11.4 Å². The fourth-order valence-corrected chi connectivity index (χ4v) is 4.62. The molecule has 3 N–H and O–H groups in total. The highest BCUT2D eigenvalue weighted by molar-refractivity contribution is 7.20. The Hall–Kier alpha value is -2.87. The first-order chi connectivity index (χ1) is 13.6. The van der Waals surface area contributed by atoms with Crippen LogP contribution in [0, 0.1) is 6.92 Å². The van der Waals surface area contributed by atoms with Gasteiger partial charge in [-0.1, -0.05) is 37.5 Å². The number of fused-ring (bicyclic) bond motifs is 1. The molecule has 1 fully saturated rings. The number of benzene rings is 1. The van der Waals surface area contributed by atoms with Gasteiger partial charge in [0.15, 0.2) is 0 Å². The standard InChI is InChI=1S/C20H23N5O2S/c1-13-16-12-17(28-19(16)25(24-13)15-10-6-3-7-11-15)18(26)22-23-20(27)21-14-8-4-2-5-9-14/h3,6-7,10-12,14H,2,4-5,8-9H2,1H3,(H,22,26)(H2,21,23,27). The highest BCUT2D eigenvalue weighted by Crippen LogP contribution is 2.30. The van der Waals surface area contributed by atoms with Crippen molar-refractivity contribution in [2.45, 2.75) is 45.1 Å². The smallest absolute Gasteiger partial charge is 0.333 e. The minimum absolute atomic E-state index is 0.189. The Kier molecular flexibility index (Phi) is 5.29. The molecule has 2 aromatic heterocycles. The van der Waals surface area contributed by atoms with Gasteiger partial charge in [0.25, 0.3) is 5.91 Å². The number of amides is 3. The van der Waals surface area contributed by atoms with Crippen LogP contribution in [0.5, 0.6) is 0 Å². The van der Waals surface area contributed by atoms with Crippen molar-refractivity contribution in [1.82, 2.24) is 25.9 Å². The molecule has 0 saturated heterocycles. The van der Waals surface area contributed by atoms with E-state index >= 15 is 0 Å². The van der Waals surface area contributed by atoms with Gasteiger partial charge < -0.3 is 5.32 Å². The van der Waals surface area contributed by atoms with Crippen LogP contribution in [-0.2, 0) is 0 Å². The van der Waals surface area contributed by atoms with Crippen LogP contribution in [0.15, 0.2) is 36.4 Å². The van der Waals surface area contributed by atoms with Gasteiger partial charge in [-0.3, -0.25) is 10.2 Å². The maximum Gasteiger partial charge on any atom is 0.333 e. The number of carbonyl (C=O) groups excluding carboxylic acids is 2. The average molecular weight is 398 g/mol. The Morgan fingerprint density at radius 2 is 1.86 bits per heavy atom. The second-order valence-electron chi connectivity index (χ2n) is 7.05. The first-order valence-electron chi connectivity index (χ1n) is 9.53. The zero-order valence-corrected chi connectivity index (χ0v) is 16.5. The van der Waals surface area contributed by atoms with E-state index < -0.39 is 0 Å². The third-order valence-electron chi connectivity index (χ3n) is 5.00. The minimum atomic E-state index is -0.368. The van der Waals surface area contributed by atoms with E-state index in [4.69, 9.17) is 0 Å². The molecule has 0 atom stereocenters. The van der Waals surface area contributed by atoms with Crippen molar-refractivity contribution >= 4 is 33.5 Å². The molecule has 0 radical (unpaired) electrons. The van der Waals surface area contributed by atoms with Crippen molar-refractivity contribution in [2.24, 2.45) is 0 Å². The monoisotopic (exact) mass is 397 g/mol. The third-order valence-corrected chi connectivity index (χ3v) is 6.11. The van der Waals surface area contributed by atoms with Crippen LogP contribution in [0.25, 0.3) is 15.9 Å². The number of nitrogens with one attached hydrogen (secondary N) is 3. The van der Waals surface area contributed by atoms with E-state index in [9.17, 15) is 9.59 Å². The molecule has 0 spiro atoms. The molecule has 1 aliphatic carbocycles. The van der Waals surface area contributed by atoms with E-state index in [1.807, 2.05) is 48.0 Å².